The lowest BCUT2D eigenvalue weighted by Crippen LogP contribution is -2.28. The lowest BCUT2D eigenvalue weighted by Gasteiger charge is -2.26. The lowest BCUT2D eigenvalue weighted by molar-refractivity contribution is -0.158. The molecule has 1 N–H and O–H groups in total. The molecule has 0 amide bonds. The highest BCUT2D eigenvalue weighted by atomic mass is 35.5. The molecule has 0 saturated carbocycles. The molecular weight excluding hydrogens is 291 g/mol. The standard InChI is InChI=1S/C13H14Cl2O4/c14-10-2-1-8(7-11(10)15)12(13(16)17)19-9-3-5-18-6-4-9/h1-2,7,9,12H,3-6H2,(H,16,17). The number of benzene rings is 1. The summed E-state index contributed by atoms with van der Waals surface area (Å²) >= 11 is 11.7. The van der Waals surface area contributed by atoms with Crippen LogP contribution in [0.2, 0.25) is 10.0 Å². The molecular formula is C13H14Cl2O4. The Morgan fingerprint density at radius 1 is 1.32 bits per heavy atom. The normalized spacial score (nSPS) is 18.2. The number of hydrogen-bond donors (Lipinski definition) is 1. The van der Waals surface area contributed by atoms with E-state index in [0.717, 1.165) is 0 Å². The Morgan fingerprint density at radius 3 is 2.58 bits per heavy atom. The van der Waals surface area contributed by atoms with Crippen LogP contribution < -0.4 is 0 Å². The molecule has 1 aromatic carbocycles. The van der Waals surface area contributed by atoms with Gasteiger partial charge in [-0.2, -0.15) is 0 Å². The van der Waals surface area contributed by atoms with Gasteiger partial charge in [0.1, 0.15) is 0 Å². The van der Waals surface area contributed by atoms with Gasteiger partial charge in [0.05, 0.1) is 16.1 Å². The fourth-order valence-corrected chi connectivity index (χ4v) is 2.27. The van der Waals surface area contributed by atoms with Gasteiger partial charge in [-0.1, -0.05) is 29.3 Å². The van der Waals surface area contributed by atoms with Gasteiger partial charge >= 0.3 is 5.97 Å². The molecule has 0 bridgehead atoms. The molecule has 19 heavy (non-hydrogen) atoms. The molecule has 1 fully saturated rings. The first-order valence-corrected chi connectivity index (χ1v) is 6.74. The highest BCUT2D eigenvalue weighted by molar-refractivity contribution is 6.42. The summed E-state index contributed by atoms with van der Waals surface area (Å²) in [5.74, 6) is -1.04. The van der Waals surface area contributed by atoms with Crippen LogP contribution in [0.3, 0.4) is 0 Å². The number of carbonyl (C=O) groups is 1. The topological polar surface area (TPSA) is 55.8 Å². The maximum Gasteiger partial charge on any atom is 0.337 e. The molecule has 0 aliphatic carbocycles. The van der Waals surface area contributed by atoms with E-state index in [1.807, 2.05) is 0 Å². The van der Waals surface area contributed by atoms with Crippen molar-refractivity contribution in [2.45, 2.75) is 25.0 Å². The van der Waals surface area contributed by atoms with Crippen molar-refractivity contribution in [2.75, 3.05) is 13.2 Å². The van der Waals surface area contributed by atoms with Crippen LogP contribution in [0.25, 0.3) is 0 Å². The van der Waals surface area contributed by atoms with Crippen molar-refractivity contribution in [3.63, 3.8) is 0 Å². The van der Waals surface area contributed by atoms with Gasteiger partial charge in [0.15, 0.2) is 6.10 Å². The fourth-order valence-electron chi connectivity index (χ4n) is 1.96. The SMILES string of the molecule is O=C(O)C(OC1CCOCC1)c1ccc(Cl)c(Cl)c1. The smallest absolute Gasteiger partial charge is 0.337 e. The summed E-state index contributed by atoms with van der Waals surface area (Å²) in [6.45, 7) is 1.19. The molecule has 0 spiro atoms. The van der Waals surface area contributed by atoms with Crippen LogP contribution in [-0.4, -0.2) is 30.4 Å². The van der Waals surface area contributed by atoms with E-state index in [9.17, 15) is 9.90 Å². The highest BCUT2D eigenvalue weighted by Crippen LogP contribution is 2.29. The summed E-state index contributed by atoms with van der Waals surface area (Å²) in [6, 6.07) is 4.72. The molecule has 1 heterocycles. The number of ether oxygens (including phenoxy) is 2. The predicted octanol–water partition coefficient (Wildman–Crippen LogP) is 3.31. The monoisotopic (exact) mass is 304 g/mol. The summed E-state index contributed by atoms with van der Waals surface area (Å²) in [6.07, 6.45) is 0.262. The summed E-state index contributed by atoms with van der Waals surface area (Å²) < 4.78 is 10.9. The second-order valence-electron chi connectivity index (χ2n) is 4.34. The van der Waals surface area contributed by atoms with E-state index in [2.05, 4.69) is 0 Å². The quantitative estimate of drug-likeness (QED) is 0.927. The van der Waals surface area contributed by atoms with E-state index in [4.69, 9.17) is 32.7 Å². The lowest BCUT2D eigenvalue weighted by atomic mass is 10.1. The average molecular weight is 305 g/mol. The number of hydrogen-bond acceptors (Lipinski definition) is 3. The van der Waals surface area contributed by atoms with E-state index in [0.29, 0.717) is 41.7 Å². The zero-order chi connectivity index (χ0) is 13.8. The van der Waals surface area contributed by atoms with Crippen molar-refractivity contribution in [3.8, 4) is 0 Å². The van der Waals surface area contributed by atoms with E-state index in [1.54, 1.807) is 12.1 Å². The molecule has 4 nitrogen and oxygen atoms in total. The van der Waals surface area contributed by atoms with Gasteiger partial charge in [0, 0.05) is 13.2 Å². The molecule has 1 aliphatic rings. The van der Waals surface area contributed by atoms with Gasteiger partial charge in [0.25, 0.3) is 0 Å². The Bertz CT molecular complexity index is 458. The van der Waals surface area contributed by atoms with Gasteiger partial charge in [-0.25, -0.2) is 4.79 Å². The van der Waals surface area contributed by atoms with Crippen molar-refractivity contribution in [1.29, 1.82) is 0 Å². The number of halogens is 2. The largest absolute Gasteiger partial charge is 0.479 e. The summed E-state index contributed by atoms with van der Waals surface area (Å²) in [7, 11) is 0. The Kier molecular flexibility index (Phi) is 5.05. The molecule has 104 valence electrons. The number of aliphatic carboxylic acids is 1. The molecule has 6 heteroatoms. The van der Waals surface area contributed by atoms with Crippen LogP contribution in [0.15, 0.2) is 18.2 Å². The maximum absolute atomic E-state index is 11.3. The molecule has 0 aromatic heterocycles. The van der Waals surface area contributed by atoms with Crippen LogP contribution in [0.4, 0.5) is 0 Å². The molecule has 1 saturated heterocycles. The van der Waals surface area contributed by atoms with E-state index < -0.39 is 12.1 Å². The Hall–Kier alpha value is -0.810. The maximum atomic E-state index is 11.3. The first-order chi connectivity index (χ1) is 9.08. The van der Waals surface area contributed by atoms with Gasteiger partial charge < -0.3 is 14.6 Å². The van der Waals surface area contributed by atoms with E-state index >= 15 is 0 Å². The summed E-state index contributed by atoms with van der Waals surface area (Å²) in [4.78, 5) is 11.3. The molecule has 1 unspecified atom stereocenters. The Labute approximate surface area is 121 Å². The van der Waals surface area contributed by atoms with Crippen molar-refractivity contribution >= 4 is 29.2 Å². The van der Waals surface area contributed by atoms with Crippen LogP contribution in [0, 0.1) is 0 Å². The second-order valence-corrected chi connectivity index (χ2v) is 5.15. The molecule has 1 aromatic rings. The van der Waals surface area contributed by atoms with Crippen LogP contribution in [0.1, 0.15) is 24.5 Å². The third-order valence-corrected chi connectivity index (χ3v) is 3.71. The third kappa shape index (κ3) is 3.83. The molecule has 1 aliphatic heterocycles. The molecule has 1 atom stereocenters. The average Bonchev–Trinajstić information content (AvgIpc) is 2.40. The summed E-state index contributed by atoms with van der Waals surface area (Å²) in [5, 5.41) is 10.00. The minimum atomic E-state index is -1.04. The zero-order valence-electron chi connectivity index (χ0n) is 10.1. The minimum Gasteiger partial charge on any atom is -0.479 e. The zero-order valence-corrected chi connectivity index (χ0v) is 11.7. The first kappa shape index (κ1) is 14.6. The molecule has 2 rings (SSSR count). The van der Waals surface area contributed by atoms with Gasteiger partial charge in [0.2, 0.25) is 0 Å². The van der Waals surface area contributed by atoms with Crippen molar-refractivity contribution < 1.29 is 19.4 Å². The Morgan fingerprint density at radius 2 is 2.00 bits per heavy atom. The number of carboxylic acid groups (broad SMARTS) is 1. The fraction of sp³-hybridized carbons (Fsp3) is 0.462. The number of rotatable bonds is 4. The van der Waals surface area contributed by atoms with Crippen molar-refractivity contribution in [3.05, 3.63) is 33.8 Å². The van der Waals surface area contributed by atoms with E-state index in [-0.39, 0.29) is 6.10 Å². The minimum absolute atomic E-state index is 0.107. The van der Waals surface area contributed by atoms with Crippen molar-refractivity contribution in [1.82, 2.24) is 0 Å². The Balaban J connectivity index is 2.14. The van der Waals surface area contributed by atoms with Gasteiger partial charge in [-0.3, -0.25) is 0 Å². The molecule has 0 radical (unpaired) electrons. The van der Waals surface area contributed by atoms with Crippen molar-refractivity contribution in [2.24, 2.45) is 0 Å². The van der Waals surface area contributed by atoms with E-state index in [1.165, 1.54) is 6.07 Å². The van der Waals surface area contributed by atoms with Crippen LogP contribution in [0.5, 0.6) is 0 Å². The first-order valence-electron chi connectivity index (χ1n) is 5.99. The van der Waals surface area contributed by atoms with Gasteiger partial charge in [-0.05, 0) is 30.5 Å². The number of carboxylic acids is 1. The highest BCUT2D eigenvalue weighted by Gasteiger charge is 2.26. The van der Waals surface area contributed by atoms with Crippen LogP contribution >= 0.6 is 23.2 Å². The predicted molar refractivity (Wildman–Crippen MR) is 71.8 cm³/mol. The van der Waals surface area contributed by atoms with Gasteiger partial charge in [-0.15, -0.1) is 0 Å². The third-order valence-electron chi connectivity index (χ3n) is 2.97. The van der Waals surface area contributed by atoms with Crippen LogP contribution in [-0.2, 0) is 14.3 Å². The summed E-state index contributed by atoms with van der Waals surface area (Å²) in [5.41, 5.74) is 0.494. The second kappa shape index (κ2) is 6.57.